The van der Waals surface area contributed by atoms with Crippen molar-refractivity contribution >= 4 is 27.7 Å². The van der Waals surface area contributed by atoms with Crippen molar-refractivity contribution in [3.63, 3.8) is 0 Å². The van der Waals surface area contributed by atoms with Crippen molar-refractivity contribution in [3.8, 4) is 0 Å². The number of halogens is 1. The number of thioether (sulfide) groups is 1. The van der Waals surface area contributed by atoms with Crippen LogP contribution in [0.15, 0.2) is 0 Å². The van der Waals surface area contributed by atoms with Crippen LogP contribution in [0.3, 0.4) is 0 Å². The lowest BCUT2D eigenvalue weighted by Crippen LogP contribution is -2.22. The third-order valence-electron chi connectivity index (χ3n) is 3.20. The van der Waals surface area contributed by atoms with Gasteiger partial charge in [0, 0.05) is 10.6 Å². The van der Waals surface area contributed by atoms with Crippen molar-refractivity contribution in [3.05, 3.63) is 0 Å². The predicted octanol–water partition coefficient (Wildman–Crippen LogP) is 4.47. The summed E-state index contributed by atoms with van der Waals surface area (Å²) >= 11 is 5.86. The molecule has 1 saturated carbocycles. The van der Waals surface area contributed by atoms with Gasteiger partial charge in [-0.15, -0.1) is 0 Å². The third-order valence-corrected chi connectivity index (χ3v) is 6.07. The zero-order chi connectivity index (χ0) is 9.73. The second kappa shape index (κ2) is 5.65. The molecular formula is C11H21BrS. The minimum absolute atomic E-state index is 0.647. The highest BCUT2D eigenvalue weighted by Gasteiger charge is 2.32. The summed E-state index contributed by atoms with van der Waals surface area (Å²) in [5.74, 6) is 1.37. The van der Waals surface area contributed by atoms with E-state index in [-0.39, 0.29) is 0 Å². The smallest absolute Gasteiger partial charge is 0.00958 e. The maximum absolute atomic E-state index is 3.69. The molecule has 0 aromatic heterocycles. The summed E-state index contributed by atoms with van der Waals surface area (Å²) in [6, 6.07) is 0. The van der Waals surface area contributed by atoms with E-state index < -0.39 is 0 Å². The predicted molar refractivity (Wildman–Crippen MR) is 66.9 cm³/mol. The van der Waals surface area contributed by atoms with Crippen molar-refractivity contribution in [1.82, 2.24) is 0 Å². The van der Waals surface area contributed by atoms with Crippen LogP contribution in [0.2, 0.25) is 0 Å². The van der Waals surface area contributed by atoms with E-state index >= 15 is 0 Å². The van der Waals surface area contributed by atoms with E-state index in [1.807, 2.05) is 0 Å². The zero-order valence-corrected chi connectivity index (χ0v) is 11.2. The summed E-state index contributed by atoms with van der Waals surface area (Å²) in [4.78, 5) is 0. The normalized spacial score (nSPS) is 23.3. The van der Waals surface area contributed by atoms with Gasteiger partial charge in [-0.1, -0.05) is 42.6 Å². The highest BCUT2D eigenvalue weighted by Crippen LogP contribution is 2.42. The Bertz CT molecular complexity index is 141. The fourth-order valence-corrected chi connectivity index (χ4v) is 4.16. The van der Waals surface area contributed by atoms with Gasteiger partial charge in [0.15, 0.2) is 0 Å². The second-order valence-corrected chi connectivity index (χ2v) is 6.36. The Morgan fingerprint density at radius 3 is 2.46 bits per heavy atom. The molecule has 2 heteroatoms. The Morgan fingerprint density at radius 2 is 2.00 bits per heavy atom. The van der Waals surface area contributed by atoms with E-state index in [1.54, 1.807) is 0 Å². The Balaban J connectivity index is 2.31. The lowest BCUT2D eigenvalue weighted by atomic mass is 9.92. The van der Waals surface area contributed by atoms with Gasteiger partial charge in [-0.3, -0.25) is 0 Å². The fourth-order valence-electron chi connectivity index (χ4n) is 1.88. The first-order valence-corrected chi connectivity index (χ1v) is 7.57. The van der Waals surface area contributed by atoms with Crippen LogP contribution in [0, 0.1) is 5.41 Å². The molecule has 78 valence electrons. The van der Waals surface area contributed by atoms with Gasteiger partial charge in [-0.25, -0.2) is 0 Å². The second-order valence-electron chi connectivity index (χ2n) is 4.37. The highest BCUT2D eigenvalue weighted by atomic mass is 79.9. The topological polar surface area (TPSA) is 0 Å². The minimum Gasteiger partial charge on any atom is -0.158 e. The molecule has 13 heavy (non-hydrogen) atoms. The zero-order valence-electron chi connectivity index (χ0n) is 8.81. The standard InChI is InChI=1S/C11H21BrS/c1-3-10(2)13-9-11(8-12)6-4-5-7-11/h10H,3-9H2,1-2H3. The highest BCUT2D eigenvalue weighted by molar-refractivity contribution is 9.09. The van der Waals surface area contributed by atoms with Crippen molar-refractivity contribution < 1.29 is 0 Å². The summed E-state index contributed by atoms with van der Waals surface area (Å²) in [6.07, 6.45) is 7.10. The summed E-state index contributed by atoms with van der Waals surface area (Å²) in [5.41, 5.74) is 0.647. The average molecular weight is 265 g/mol. The van der Waals surface area contributed by atoms with Crippen LogP contribution in [-0.2, 0) is 0 Å². The maximum atomic E-state index is 3.69. The first kappa shape index (κ1) is 11.9. The van der Waals surface area contributed by atoms with Gasteiger partial charge in [0.25, 0.3) is 0 Å². The molecule has 1 atom stereocenters. The number of hydrogen-bond donors (Lipinski definition) is 0. The average Bonchev–Trinajstić information content (AvgIpc) is 2.63. The van der Waals surface area contributed by atoms with Crippen molar-refractivity contribution in [2.75, 3.05) is 11.1 Å². The molecule has 0 nitrogen and oxygen atoms in total. The maximum Gasteiger partial charge on any atom is 0.00958 e. The number of rotatable bonds is 5. The molecule has 0 amide bonds. The van der Waals surface area contributed by atoms with Crippen molar-refractivity contribution in [1.29, 1.82) is 0 Å². The Kier molecular flexibility index (Phi) is 5.17. The van der Waals surface area contributed by atoms with Gasteiger partial charge in [-0.2, -0.15) is 11.8 Å². The van der Waals surface area contributed by atoms with Gasteiger partial charge in [0.2, 0.25) is 0 Å². The van der Waals surface area contributed by atoms with Gasteiger partial charge in [0.05, 0.1) is 0 Å². The largest absolute Gasteiger partial charge is 0.158 e. The molecule has 1 rings (SSSR count). The quantitative estimate of drug-likeness (QED) is 0.661. The van der Waals surface area contributed by atoms with E-state index in [0.29, 0.717) is 5.41 Å². The van der Waals surface area contributed by atoms with E-state index in [9.17, 15) is 0 Å². The molecule has 0 N–H and O–H groups in total. The van der Waals surface area contributed by atoms with Gasteiger partial charge in [0.1, 0.15) is 0 Å². The number of alkyl halides is 1. The summed E-state index contributed by atoms with van der Waals surface area (Å²) in [7, 11) is 0. The molecule has 0 heterocycles. The molecule has 1 aliphatic carbocycles. The number of hydrogen-bond acceptors (Lipinski definition) is 1. The van der Waals surface area contributed by atoms with Crippen molar-refractivity contribution in [2.24, 2.45) is 5.41 Å². The Morgan fingerprint density at radius 1 is 1.38 bits per heavy atom. The monoisotopic (exact) mass is 264 g/mol. The van der Waals surface area contributed by atoms with Crippen LogP contribution in [-0.4, -0.2) is 16.3 Å². The molecule has 1 unspecified atom stereocenters. The van der Waals surface area contributed by atoms with E-state index in [1.165, 1.54) is 43.2 Å². The first-order valence-electron chi connectivity index (χ1n) is 5.40. The van der Waals surface area contributed by atoms with Crippen LogP contribution in [0.25, 0.3) is 0 Å². The SMILES string of the molecule is CCC(C)SCC1(CBr)CCCC1. The van der Waals surface area contributed by atoms with Crippen LogP contribution in [0.1, 0.15) is 46.0 Å². The minimum atomic E-state index is 0.647. The van der Waals surface area contributed by atoms with E-state index in [4.69, 9.17) is 0 Å². The summed E-state index contributed by atoms with van der Waals surface area (Å²) < 4.78 is 0. The van der Waals surface area contributed by atoms with Crippen LogP contribution in [0.4, 0.5) is 0 Å². The van der Waals surface area contributed by atoms with Gasteiger partial charge >= 0.3 is 0 Å². The molecule has 0 radical (unpaired) electrons. The van der Waals surface area contributed by atoms with Crippen molar-refractivity contribution in [2.45, 2.75) is 51.2 Å². The van der Waals surface area contributed by atoms with Crippen LogP contribution in [0.5, 0.6) is 0 Å². The Labute approximate surface area is 95.4 Å². The molecule has 0 aromatic rings. The first-order chi connectivity index (χ1) is 6.22. The lowest BCUT2D eigenvalue weighted by Gasteiger charge is -2.27. The lowest BCUT2D eigenvalue weighted by molar-refractivity contribution is 0.405. The molecule has 0 bridgehead atoms. The molecule has 0 aromatic carbocycles. The molecule has 0 spiro atoms. The van der Waals surface area contributed by atoms with E-state index in [2.05, 4.69) is 41.5 Å². The summed E-state index contributed by atoms with van der Waals surface area (Å²) in [6.45, 7) is 4.63. The summed E-state index contributed by atoms with van der Waals surface area (Å²) in [5, 5.41) is 2.06. The van der Waals surface area contributed by atoms with Gasteiger partial charge in [-0.05, 0) is 30.4 Å². The van der Waals surface area contributed by atoms with Crippen LogP contribution >= 0.6 is 27.7 Å². The Hall–Kier alpha value is 0.830. The van der Waals surface area contributed by atoms with E-state index in [0.717, 1.165) is 5.25 Å². The third kappa shape index (κ3) is 3.47. The fraction of sp³-hybridized carbons (Fsp3) is 1.00. The van der Waals surface area contributed by atoms with Crippen LogP contribution < -0.4 is 0 Å². The molecule has 1 fully saturated rings. The molecule has 0 aliphatic heterocycles. The molecule has 0 saturated heterocycles. The molecular weight excluding hydrogens is 244 g/mol. The van der Waals surface area contributed by atoms with Gasteiger partial charge < -0.3 is 0 Å². The molecule has 1 aliphatic rings.